The first kappa shape index (κ1) is 23.8. The van der Waals surface area contributed by atoms with Crippen LogP contribution in [0.4, 0.5) is 0 Å². The molecule has 4 N–H and O–H groups in total. The molecule has 3 atom stereocenters. The summed E-state index contributed by atoms with van der Waals surface area (Å²) in [5.41, 5.74) is 6.45. The lowest BCUT2D eigenvalue weighted by Gasteiger charge is -2.19. The molecule has 1 fully saturated rings. The summed E-state index contributed by atoms with van der Waals surface area (Å²) in [5, 5.41) is 12.8. The van der Waals surface area contributed by atoms with Gasteiger partial charge in [-0.25, -0.2) is 4.79 Å². The summed E-state index contributed by atoms with van der Waals surface area (Å²) in [6.45, 7) is -0.125. The quantitative estimate of drug-likeness (QED) is 0.496. The van der Waals surface area contributed by atoms with Crippen molar-refractivity contribution in [2.45, 2.75) is 31.3 Å². The molecule has 2 aromatic carbocycles. The Morgan fingerprint density at radius 2 is 1.72 bits per heavy atom. The number of carbonyl (C=O) groups is 3. The van der Waals surface area contributed by atoms with Gasteiger partial charge in [0.1, 0.15) is 25.2 Å². The van der Waals surface area contributed by atoms with Crippen LogP contribution in [0.5, 0.6) is 5.75 Å². The Kier molecular flexibility index (Phi) is 7.92. The number of hydrogen-bond donors (Lipinski definition) is 3. The number of hydrogen-bond acceptors (Lipinski definition) is 6. The zero-order valence-corrected chi connectivity index (χ0v) is 18.1. The molecule has 32 heavy (non-hydrogen) atoms. The molecule has 170 valence electrons. The molecule has 0 saturated carbocycles. The van der Waals surface area contributed by atoms with Gasteiger partial charge in [-0.1, -0.05) is 41.4 Å². The van der Waals surface area contributed by atoms with Gasteiger partial charge in [0, 0.05) is 22.0 Å². The zero-order chi connectivity index (χ0) is 23.3. The van der Waals surface area contributed by atoms with Crippen LogP contribution in [0.1, 0.15) is 11.1 Å². The van der Waals surface area contributed by atoms with Crippen LogP contribution in [-0.2, 0) is 36.9 Å². The van der Waals surface area contributed by atoms with E-state index in [-0.39, 0.29) is 19.8 Å². The summed E-state index contributed by atoms with van der Waals surface area (Å²) >= 11 is 12.3. The second kappa shape index (κ2) is 10.6. The number of benzene rings is 2. The van der Waals surface area contributed by atoms with Crippen molar-refractivity contribution in [1.82, 2.24) is 5.32 Å². The molecule has 0 bridgehead atoms. The molecular formula is C21H20Cl2N2O7. The maximum Gasteiger partial charge on any atom is 0.326 e. The predicted molar refractivity (Wildman–Crippen MR) is 114 cm³/mol. The SMILES string of the molecule is NC(=O)[C@@H]1OCO[C@H]1C(=O)NC(Cc1ccc(OCc2c(Cl)cccc2Cl)cc1)C(=O)O. The number of rotatable bonds is 9. The van der Waals surface area contributed by atoms with Crippen molar-refractivity contribution in [3.05, 3.63) is 63.6 Å². The van der Waals surface area contributed by atoms with Crippen LogP contribution in [0.25, 0.3) is 0 Å². The first-order valence-electron chi connectivity index (χ1n) is 9.46. The maximum atomic E-state index is 12.4. The molecule has 3 rings (SSSR count). The van der Waals surface area contributed by atoms with Gasteiger partial charge in [-0.2, -0.15) is 0 Å². The third-order valence-electron chi connectivity index (χ3n) is 4.73. The smallest absolute Gasteiger partial charge is 0.326 e. The fourth-order valence-electron chi connectivity index (χ4n) is 3.04. The van der Waals surface area contributed by atoms with E-state index < -0.39 is 36.0 Å². The molecule has 1 unspecified atom stereocenters. The lowest BCUT2D eigenvalue weighted by Crippen LogP contribution is -2.51. The lowest BCUT2D eigenvalue weighted by molar-refractivity contribution is -0.144. The molecular weight excluding hydrogens is 463 g/mol. The number of halogens is 2. The van der Waals surface area contributed by atoms with Crippen molar-refractivity contribution in [2.24, 2.45) is 5.73 Å². The normalized spacial score (nSPS) is 18.7. The van der Waals surface area contributed by atoms with Gasteiger partial charge in [0.25, 0.3) is 5.91 Å². The highest BCUT2D eigenvalue weighted by atomic mass is 35.5. The predicted octanol–water partition coefficient (Wildman–Crippen LogP) is 1.91. The van der Waals surface area contributed by atoms with Crippen molar-refractivity contribution in [3.63, 3.8) is 0 Å². The number of amides is 2. The number of aliphatic carboxylic acids is 1. The van der Waals surface area contributed by atoms with E-state index in [0.29, 0.717) is 26.9 Å². The van der Waals surface area contributed by atoms with E-state index in [1.54, 1.807) is 42.5 Å². The molecule has 1 aliphatic rings. The third kappa shape index (κ3) is 5.89. The number of carboxylic acid groups (broad SMARTS) is 1. The zero-order valence-electron chi connectivity index (χ0n) is 16.6. The van der Waals surface area contributed by atoms with Crippen molar-refractivity contribution in [1.29, 1.82) is 0 Å². The minimum absolute atomic E-state index is 0.00743. The van der Waals surface area contributed by atoms with Crippen LogP contribution in [0.3, 0.4) is 0 Å². The van der Waals surface area contributed by atoms with E-state index in [4.69, 9.17) is 43.1 Å². The van der Waals surface area contributed by atoms with Gasteiger partial charge in [-0.15, -0.1) is 0 Å². The molecule has 1 heterocycles. The van der Waals surface area contributed by atoms with Crippen LogP contribution in [0.2, 0.25) is 10.0 Å². The number of carboxylic acids is 1. The number of ether oxygens (including phenoxy) is 3. The highest BCUT2D eigenvalue weighted by Crippen LogP contribution is 2.26. The molecule has 11 heteroatoms. The third-order valence-corrected chi connectivity index (χ3v) is 5.44. The molecule has 2 aromatic rings. The van der Waals surface area contributed by atoms with E-state index in [2.05, 4.69) is 5.32 Å². The van der Waals surface area contributed by atoms with Gasteiger partial charge in [0.05, 0.1) is 0 Å². The van der Waals surface area contributed by atoms with Gasteiger partial charge >= 0.3 is 5.97 Å². The van der Waals surface area contributed by atoms with Gasteiger partial charge in [-0.3, -0.25) is 9.59 Å². The van der Waals surface area contributed by atoms with E-state index in [1.165, 1.54) is 0 Å². The monoisotopic (exact) mass is 482 g/mol. The summed E-state index contributed by atoms with van der Waals surface area (Å²) < 4.78 is 15.7. The molecule has 0 aliphatic carbocycles. The molecule has 0 spiro atoms. The van der Waals surface area contributed by atoms with E-state index in [9.17, 15) is 19.5 Å². The second-order valence-electron chi connectivity index (χ2n) is 6.93. The number of nitrogens with two attached hydrogens (primary N) is 1. The van der Waals surface area contributed by atoms with E-state index in [0.717, 1.165) is 0 Å². The fourth-order valence-corrected chi connectivity index (χ4v) is 3.55. The van der Waals surface area contributed by atoms with Gasteiger partial charge < -0.3 is 30.4 Å². The van der Waals surface area contributed by atoms with Crippen molar-refractivity contribution in [3.8, 4) is 5.75 Å². The lowest BCUT2D eigenvalue weighted by atomic mass is 10.0. The molecule has 0 aromatic heterocycles. The van der Waals surface area contributed by atoms with Crippen LogP contribution < -0.4 is 15.8 Å². The van der Waals surface area contributed by atoms with Crippen molar-refractivity contribution < 1.29 is 33.7 Å². The molecule has 1 aliphatic heterocycles. The first-order chi connectivity index (χ1) is 15.3. The van der Waals surface area contributed by atoms with Gasteiger partial charge in [0.2, 0.25) is 5.91 Å². The van der Waals surface area contributed by atoms with E-state index in [1.807, 2.05) is 0 Å². The number of carbonyl (C=O) groups excluding carboxylic acids is 2. The second-order valence-corrected chi connectivity index (χ2v) is 7.75. The highest BCUT2D eigenvalue weighted by molar-refractivity contribution is 6.35. The summed E-state index contributed by atoms with van der Waals surface area (Å²) in [4.78, 5) is 35.3. The molecule has 1 saturated heterocycles. The Hall–Kier alpha value is -2.85. The largest absolute Gasteiger partial charge is 0.489 e. The van der Waals surface area contributed by atoms with Crippen LogP contribution in [-0.4, -0.2) is 47.9 Å². The molecule has 2 amide bonds. The fraction of sp³-hybridized carbons (Fsp3) is 0.286. The summed E-state index contributed by atoms with van der Waals surface area (Å²) in [6.07, 6.45) is -2.58. The Morgan fingerprint density at radius 1 is 1.09 bits per heavy atom. The Morgan fingerprint density at radius 3 is 2.31 bits per heavy atom. The van der Waals surface area contributed by atoms with E-state index >= 15 is 0 Å². The number of nitrogens with one attached hydrogen (secondary N) is 1. The van der Waals surface area contributed by atoms with Gasteiger partial charge in [-0.05, 0) is 29.8 Å². The van der Waals surface area contributed by atoms with Crippen LogP contribution in [0.15, 0.2) is 42.5 Å². The first-order valence-corrected chi connectivity index (χ1v) is 10.2. The Balaban J connectivity index is 1.60. The summed E-state index contributed by atoms with van der Waals surface area (Å²) in [7, 11) is 0. The summed E-state index contributed by atoms with van der Waals surface area (Å²) in [5.74, 6) is -2.39. The maximum absolute atomic E-state index is 12.4. The minimum atomic E-state index is -1.30. The Bertz CT molecular complexity index is 980. The standard InChI is InChI=1S/C21H20Cl2N2O7/c22-14-2-1-3-15(23)13(14)9-30-12-6-4-11(5-7-12)8-16(21(28)29)25-20(27)18-17(19(24)26)31-10-32-18/h1-7,16-18H,8-10H2,(H2,24,26)(H,25,27)(H,28,29)/t16?,17-,18-/m1/s1. The summed E-state index contributed by atoms with van der Waals surface area (Å²) in [6, 6.07) is 10.6. The number of primary amides is 1. The van der Waals surface area contributed by atoms with Crippen molar-refractivity contribution >= 4 is 41.0 Å². The van der Waals surface area contributed by atoms with Gasteiger partial charge in [0.15, 0.2) is 12.2 Å². The average Bonchev–Trinajstić information content (AvgIpc) is 3.24. The minimum Gasteiger partial charge on any atom is -0.489 e. The Labute approximate surface area is 193 Å². The topological polar surface area (TPSA) is 137 Å². The van der Waals surface area contributed by atoms with Crippen LogP contribution in [0, 0.1) is 0 Å². The molecule has 0 radical (unpaired) electrons. The average molecular weight is 483 g/mol. The molecule has 9 nitrogen and oxygen atoms in total. The van der Waals surface area contributed by atoms with Crippen LogP contribution >= 0.6 is 23.2 Å². The van der Waals surface area contributed by atoms with Crippen molar-refractivity contribution in [2.75, 3.05) is 6.79 Å². The highest BCUT2D eigenvalue weighted by Gasteiger charge is 2.40.